The molecule has 1 aliphatic rings. The quantitative estimate of drug-likeness (QED) is 0.896. The first-order chi connectivity index (χ1) is 11.2. The van der Waals surface area contributed by atoms with E-state index in [-0.39, 0.29) is 11.9 Å². The van der Waals surface area contributed by atoms with E-state index in [9.17, 15) is 4.79 Å². The summed E-state index contributed by atoms with van der Waals surface area (Å²) in [4.78, 5) is 12.0. The standard InChI is InChI=1S/C19H22N2O2/c1-3-15-11-18(22)21-17-9-5-8-16(19(17)20-15)14-7-4-6-13(10-14)12-23-2/h4-10,15,20H,3,11-12H2,1-2H3,(H,21,22)/t15-/m1/s1. The molecular formula is C19H22N2O2. The molecule has 2 aromatic rings. The van der Waals surface area contributed by atoms with Gasteiger partial charge in [-0.15, -0.1) is 0 Å². The summed E-state index contributed by atoms with van der Waals surface area (Å²) in [6.07, 6.45) is 1.40. The number of rotatable bonds is 4. The number of hydrogen-bond donors (Lipinski definition) is 2. The highest BCUT2D eigenvalue weighted by atomic mass is 16.5. The van der Waals surface area contributed by atoms with Gasteiger partial charge in [0.1, 0.15) is 0 Å². The first kappa shape index (κ1) is 15.6. The number of methoxy groups -OCH3 is 1. The van der Waals surface area contributed by atoms with Crippen LogP contribution < -0.4 is 10.6 Å². The molecule has 3 rings (SSSR count). The Labute approximate surface area is 136 Å². The highest BCUT2D eigenvalue weighted by Crippen LogP contribution is 2.37. The van der Waals surface area contributed by atoms with Gasteiger partial charge in [0.2, 0.25) is 5.91 Å². The van der Waals surface area contributed by atoms with E-state index in [2.05, 4.69) is 41.8 Å². The minimum absolute atomic E-state index is 0.0633. The molecule has 1 atom stereocenters. The van der Waals surface area contributed by atoms with Crippen LogP contribution in [-0.4, -0.2) is 19.1 Å². The molecule has 0 unspecified atom stereocenters. The largest absolute Gasteiger partial charge is 0.380 e. The van der Waals surface area contributed by atoms with Crippen molar-refractivity contribution in [2.75, 3.05) is 17.7 Å². The highest BCUT2D eigenvalue weighted by Gasteiger charge is 2.21. The molecule has 1 amide bonds. The number of carbonyl (C=O) groups excluding carboxylic acids is 1. The maximum atomic E-state index is 12.0. The van der Waals surface area contributed by atoms with Crippen LogP contribution in [0.5, 0.6) is 0 Å². The summed E-state index contributed by atoms with van der Waals surface area (Å²) in [6, 6.07) is 14.5. The molecule has 23 heavy (non-hydrogen) atoms. The van der Waals surface area contributed by atoms with Crippen molar-refractivity contribution in [1.29, 1.82) is 0 Å². The van der Waals surface area contributed by atoms with E-state index >= 15 is 0 Å². The molecule has 0 radical (unpaired) electrons. The normalized spacial score (nSPS) is 17.0. The molecule has 0 aliphatic carbocycles. The summed E-state index contributed by atoms with van der Waals surface area (Å²) in [5.41, 5.74) is 5.20. The number of fused-ring (bicyclic) bond motifs is 1. The molecule has 2 N–H and O–H groups in total. The second-order valence-electron chi connectivity index (χ2n) is 5.86. The maximum Gasteiger partial charge on any atom is 0.226 e. The Kier molecular flexibility index (Phi) is 4.63. The number of para-hydroxylation sites is 1. The van der Waals surface area contributed by atoms with Crippen molar-refractivity contribution in [3.05, 3.63) is 48.0 Å². The number of anilines is 2. The Morgan fingerprint density at radius 3 is 2.83 bits per heavy atom. The van der Waals surface area contributed by atoms with Crippen molar-refractivity contribution >= 4 is 17.3 Å². The van der Waals surface area contributed by atoms with Crippen LogP contribution in [0.3, 0.4) is 0 Å². The fourth-order valence-electron chi connectivity index (χ4n) is 2.97. The zero-order valence-corrected chi connectivity index (χ0v) is 13.6. The number of benzene rings is 2. The van der Waals surface area contributed by atoms with Crippen molar-refractivity contribution < 1.29 is 9.53 Å². The molecule has 4 nitrogen and oxygen atoms in total. The first-order valence-corrected chi connectivity index (χ1v) is 7.99. The van der Waals surface area contributed by atoms with E-state index in [4.69, 9.17) is 4.74 Å². The minimum Gasteiger partial charge on any atom is -0.380 e. The molecule has 1 aliphatic heterocycles. The lowest BCUT2D eigenvalue weighted by atomic mass is 10.00. The van der Waals surface area contributed by atoms with Crippen LogP contribution in [-0.2, 0) is 16.1 Å². The Morgan fingerprint density at radius 1 is 1.22 bits per heavy atom. The number of ether oxygens (including phenoxy) is 1. The third-order valence-electron chi connectivity index (χ3n) is 4.16. The van der Waals surface area contributed by atoms with Crippen molar-refractivity contribution in [2.45, 2.75) is 32.4 Å². The summed E-state index contributed by atoms with van der Waals surface area (Å²) < 4.78 is 5.23. The predicted octanol–water partition coefficient (Wildman–Crippen LogP) is 4.03. The van der Waals surface area contributed by atoms with E-state index in [0.717, 1.165) is 34.5 Å². The first-order valence-electron chi connectivity index (χ1n) is 7.99. The van der Waals surface area contributed by atoms with Crippen LogP contribution in [0, 0.1) is 0 Å². The molecule has 0 saturated heterocycles. The number of amides is 1. The van der Waals surface area contributed by atoms with Gasteiger partial charge in [-0.05, 0) is 29.7 Å². The molecule has 0 bridgehead atoms. The third kappa shape index (κ3) is 3.37. The maximum absolute atomic E-state index is 12.0. The van der Waals surface area contributed by atoms with Crippen molar-refractivity contribution in [1.82, 2.24) is 0 Å². The summed E-state index contributed by atoms with van der Waals surface area (Å²) >= 11 is 0. The Hall–Kier alpha value is -2.33. The smallest absolute Gasteiger partial charge is 0.226 e. The second kappa shape index (κ2) is 6.84. The predicted molar refractivity (Wildman–Crippen MR) is 93.5 cm³/mol. The van der Waals surface area contributed by atoms with Gasteiger partial charge in [-0.2, -0.15) is 0 Å². The van der Waals surface area contributed by atoms with E-state index in [1.807, 2.05) is 18.2 Å². The van der Waals surface area contributed by atoms with Crippen LogP contribution in [0.15, 0.2) is 42.5 Å². The molecule has 0 aromatic heterocycles. The van der Waals surface area contributed by atoms with Crippen molar-refractivity contribution in [3.63, 3.8) is 0 Å². The van der Waals surface area contributed by atoms with E-state index < -0.39 is 0 Å². The van der Waals surface area contributed by atoms with Crippen LogP contribution in [0.4, 0.5) is 11.4 Å². The average Bonchev–Trinajstić information content (AvgIpc) is 2.72. The third-order valence-corrected chi connectivity index (χ3v) is 4.16. The van der Waals surface area contributed by atoms with Crippen molar-refractivity contribution in [2.24, 2.45) is 0 Å². The zero-order chi connectivity index (χ0) is 16.2. The Bertz CT molecular complexity index is 712. The lowest BCUT2D eigenvalue weighted by Crippen LogP contribution is -2.21. The fourth-order valence-corrected chi connectivity index (χ4v) is 2.97. The monoisotopic (exact) mass is 310 g/mol. The minimum atomic E-state index is 0.0633. The average molecular weight is 310 g/mol. The van der Waals surface area contributed by atoms with Gasteiger partial charge in [0.15, 0.2) is 0 Å². The van der Waals surface area contributed by atoms with Gasteiger partial charge in [0.05, 0.1) is 18.0 Å². The van der Waals surface area contributed by atoms with Gasteiger partial charge in [-0.25, -0.2) is 0 Å². The number of hydrogen-bond acceptors (Lipinski definition) is 3. The van der Waals surface area contributed by atoms with Crippen LogP contribution >= 0.6 is 0 Å². The van der Waals surface area contributed by atoms with Gasteiger partial charge in [-0.1, -0.05) is 37.3 Å². The van der Waals surface area contributed by atoms with Crippen molar-refractivity contribution in [3.8, 4) is 11.1 Å². The van der Waals surface area contributed by atoms with Gasteiger partial charge in [0, 0.05) is 25.1 Å². The van der Waals surface area contributed by atoms with Crippen LogP contribution in [0.1, 0.15) is 25.3 Å². The van der Waals surface area contributed by atoms with Gasteiger partial charge >= 0.3 is 0 Å². The van der Waals surface area contributed by atoms with Gasteiger partial charge < -0.3 is 15.4 Å². The molecule has 120 valence electrons. The van der Waals surface area contributed by atoms with Gasteiger partial charge in [0.25, 0.3) is 0 Å². The number of carbonyl (C=O) groups is 1. The number of nitrogens with one attached hydrogen (secondary N) is 2. The Morgan fingerprint density at radius 2 is 2.04 bits per heavy atom. The molecule has 0 spiro atoms. The molecular weight excluding hydrogens is 288 g/mol. The lowest BCUT2D eigenvalue weighted by molar-refractivity contribution is -0.116. The fraction of sp³-hybridized carbons (Fsp3) is 0.316. The topological polar surface area (TPSA) is 50.4 Å². The molecule has 4 heteroatoms. The summed E-state index contributed by atoms with van der Waals surface area (Å²) in [5.74, 6) is 0.0633. The molecule has 0 fully saturated rings. The SMILES string of the molecule is CC[C@@H]1CC(=O)Nc2cccc(-c3cccc(COC)c3)c2N1. The molecule has 1 heterocycles. The lowest BCUT2D eigenvalue weighted by Gasteiger charge is -2.18. The Balaban J connectivity index is 2.06. The highest BCUT2D eigenvalue weighted by molar-refractivity contribution is 6.00. The zero-order valence-electron chi connectivity index (χ0n) is 13.6. The summed E-state index contributed by atoms with van der Waals surface area (Å²) in [5, 5.41) is 6.55. The van der Waals surface area contributed by atoms with E-state index in [1.165, 1.54) is 0 Å². The second-order valence-corrected chi connectivity index (χ2v) is 5.86. The van der Waals surface area contributed by atoms with Gasteiger partial charge in [-0.3, -0.25) is 4.79 Å². The van der Waals surface area contributed by atoms with Crippen LogP contribution in [0.25, 0.3) is 11.1 Å². The van der Waals surface area contributed by atoms with E-state index in [1.54, 1.807) is 7.11 Å². The molecule has 0 saturated carbocycles. The van der Waals surface area contributed by atoms with Crippen LogP contribution in [0.2, 0.25) is 0 Å². The van der Waals surface area contributed by atoms with E-state index in [0.29, 0.717) is 13.0 Å². The molecule has 2 aromatic carbocycles. The summed E-state index contributed by atoms with van der Waals surface area (Å²) in [6.45, 7) is 2.68. The summed E-state index contributed by atoms with van der Waals surface area (Å²) in [7, 11) is 1.70.